The third-order valence-electron chi connectivity index (χ3n) is 7.79. The molecule has 9 heteroatoms. The number of hydrogen-bond acceptors (Lipinski definition) is 9. The van der Waals surface area contributed by atoms with Crippen molar-refractivity contribution in [2.45, 2.75) is 75.1 Å². The zero-order valence-electron chi connectivity index (χ0n) is 23.6. The lowest BCUT2D eigenvalue weighted by Crippen LogP contribution is -2.61. The number of fused-ring (bicyclic) bond motifs is 1. The van der Waals surface area contributed by atoms with Gasteiger partial charge in [0.2, 0.25) is 0 Å². The van der Waals surface area contributed by atoms with Crippen LogP contribution in [0.3, 0.4) is 0 Å². The van der Waals surface area contributed by atoms with Gasteiger partial charge in [0.25, 0.3) is 0 Å². The number of rotatable bonds is 14. The minimum Gasteiger partial charge on any atom is -0.394 e. The van der Waals surface area contributed by atoms with Crippen LogP contribution in [0.2, 0.25) is 0 Å². The third-order valence-corrected chi connectivity index (χ3v) is 7.79. The standard InChI is InChI=1S/C33H38O9/c1-35-32-30(38-20-24-15-9-4-10-16-24)29(37-19-23-13-7-3-8-14-23)27(36-18-22-11-5-2-6-12-22)26(41-32)21-39-33-31-28(42-31)25(17-34)40-33/h2-16,25-34H,17-21H2,1H3/t25-,26-,27-,28+,29+,30+,31+,32+,33-/m1/s1. The molecule has 9 atom stereocenters. The van der Waals surface area contributed by atoms with Crippen LogP contribution in [0, 0.1) is 0 Å². The van der Waals surface area contributed by atoms with Gasteiger partial charge in [0.05, 0.1) is 33.0 Å². The van der Waals surface area contributed by atoms with Crippen molar-refractivity contribution in [3.05, 3.63) is 108 Å². The summed E-state index contributed by atoms with van der Waals surface area (Å²) in [5.74, 6) is 0. The number of aliphatic hydroxyl groups excluding tert-OH is 1. The molecular formula is C33H38O9. The Kier molecular flexibility index (Phi) is 9.92. The molecule has 3 aromatic rings. The molecule has 3 saturated heterocycles. The Bertz CT molecular complexity index is 1210. The highest BCUT2D eigenvalue weighted by molar-refractivity contribution is 5.16. The van der Waals surface area contributed by atoms with Crippen LogP contribution in [0.4, 0.5) is 0 Å². The maximum absolute atomic E-state index is 9.58. The molecule has 0 aromatic heterocycles. The van der Waals surface area contributed by atoms with E-state index in [0.29, 0.717) is 19.8 Å². The summed E-state index contributed by atoms with van der Waals surface area (Å²) in [7, 11) is 1.59. The van der Waals surface area contributed by atoms with E-state index in [1.807, 2.05) is 91.0 Å². The van der Waals surface area contributed by atoms with E-state index in [4.69, 9.17) is 37.9 Å². The molecule has 3 heterocycles. The molecule has 0 radical (unpaired) electrons. The quantitative estimate of drug-likeness (QED) is 0.288. The minimum absolute atomic E-state index is 0.120. The third kappa shape index (κ3) is 7.08. The lowest BCUT2D eigenvalue weighted by Gasteiger charge is -2.45. The van der Waals surface area contributed by atoms with E-state index in [-0.39, 0.29) is 31.5 Å². The van der Waals surface area contributed by atoms with E-state index in [1.54, 1.807) is 7.11 Å². The Morgan fingerprint density at radius 1 is 0.548 bits per heavy atom. The fraction of sp³-hybridized carbons (Fsp3) is 0.455. The van der Waals surface area contributed by atoms with Gasteiger partial charge in [0.15, 0.2) is 12.6 Å². The smallest absolute Gasteiger partial charge is 0.187 e. The lowest BCUT2D eigenvalue weighted by atomic mass is 9.97. The van der Waals surface area contributed by atoms with Crippen molar-refractivity contribution in [2.24, 2.45) is 0 Å². The van der Waals surface area contributed by atoms with E-state index < -0.39 is 37.0 Å². The average Bonchev–Trinajstić information content (AvgIpc) is 3.77. The van der Waals surface area contributed by atoms with Gasteiger partial charge in [-0.15, -0.1) is 0 Å². The van der Waals surface area contributed by atoms with Gasteiger partial charge in [-0.05, 0) is 16.7 Å². The van der Waals surface area contributed by atoms with Gasteiger partial charge >= 0.3 is 0 Å². The Morgan fingerprint density at radius 3 is 1.55 bits per heavy atom. The minimum atomic E-state index is -0.737. The van der Waals surface area contributed by atoms with Crippen LogP contribution in [0.5, 0.6) is 0 Å². The number of benzene rings is 3. The zero-order valence-corrected chi connectivity index (χ0v) is 23.6. The largest absolute Gasteiger partial charge is 0.394 e. The summed E-state index contributed by atoms with van der Waals surface area (Å²) >= 11 is 0. The van der Waals surface area contributed by atoms with Crippen LogP contribution in [0.1, 0.15) is 16.7 Å². The Morgan fingerprint density at radius 2 is 1.05 bits per heavy atom. The average molecular weight is 579 g/mol. The second-order valence-corrected chi connectivity index (χ2v) is 10.7. The highest BCUT2D eigenvalue weighted by Crippen LogP contribution is 2.40. The van der Waals surface area contributed by atoms with Crippen molar-refractivity contribution in [1.82, 2.24) is 0 Å². The molecule has 0 unspecified atom stereocenters. The second-order valence-electron chi connectivity index (χ2n) is 10.7. The molecule has 3 fully saturated rings. The van der Waals surface area contributed by atoms with Crippen molar-refractivity contribution in [3.63, 3.8) is 0 Å². The summed E-state index contributed by atoms with van der Waals surface area (Å²) in [5, 5.41) is 9.58. The fourth-order valence-electron chi connectivity index (χ4n) is 5.52. The van der Waals surface area contributed by atoms with Gasteiger partial charge in [-0.3, -0.25) is 0 Å². The molecule has 224 valence electrons. The summed E-state index contributed by atoms with van der Waals surface area (Å²) in [6, 6.07) is 29.9. The van der Waals surface area contributed by atoms with Gasteiger partial charge < -0.3 is 43.0 Å². The van der Waals surface area contributed by atoms with Gasteiger partial charge in [-0.2, -0.15) is 0 Å². The number of hydrogen-bond donors (Lipinski definition) is 1. The molecule has 0 spiro atoms. The zero-order chi connectivity index (χ0) is 28.7. The molecule has 42 heavy (non-hydrogen) atoms. The predicted octanol–water partition coefficient (Wildman–Crippen LogP) is 3.62. The van der Waals surface area contributed by atoms with Crippen molar-refractivity contribution in [2.75, 3.05) is 20.3 Å². The monoisotopic (exact) mass is 578 g/mol. The van der Waals surface area contributed by atoms with Crippen molar-refractivity contribution in [1.29, 1.82) is 0 Å². The molecular weight excluding hydrogens is 540 g/mol. The maximum atomic E-state index is 9.58. The highest BCUT2D eigenvalue weighted by atomic mass is 16.8. The number of aliphatic hydroxyl groups is 1. The Labute approximate surface area is 246 Å². The number of methoxy groups -OCH3 is 1. The fourth-order valence-corrected chi connectivity index (χ4v) is 5.52. The first kappa shape index (κ1) is 29.4. The SMILES string of the molecule is CO[C@H]1O[C@H](CO[C@@H]2O[C@H](CO)[C@@H]3O[C@H]23)[C@@H](OCc2ccccc2)[C@H](OCc2ccccc2)[C@@H]1OCc1ccccc1. The van der Waals surface area contributed by atoms with Crippen molar-refractivity contribution in [3.8, 4) is 0 Å². The maximum Gasteiger partial charge on any atom is 0.187 e. The van der Waals surface area contributed by atoms with E-state index in [0.717, 1.165) is 16.7 Å². The first-order valence-corrected chi connectivity index (χ1v) is 14.4. The molecule has 0 saturated carbocycles. The van der Waals surface area contributed by atoms with Gasteiger partial charge in [-0.25, -0.2) is 0 Å². The number of epoxide rings is 1. The molecule has 1 N–H and O–H groups in total. The summed E-state index contributed by atoms with van der Waals surface area (Å²) in [6.45, 7) is 1.08. The van der Waals surface area contributed by atoms with Crippen LogP contribution in [0.25, 0.3) is 0 Å². The van der Waals surface area contributed by atoms with Crippen molar-refractivity contribution < 1.29 is 43.0 Å². The van der Waals surface area contributed by atoms with E-state index in [1.165, 1.54) is 0 Å². The molecule has 3 aliphatic heterocycles. The van der Waals surface area contributed by atoms with Crippen LogP contribution >= 0.6 is 0 Å². The predicted molar refractivity (Wildman–Crippen MR) is 151 cm³/mol. The van der Waals surface area contributed by atoms with Crippen LogP contribution < -0.4 is 0 Å². The molecule has 0 bridgehead atoms. The Hall–Kier alpha value is -2.70. The Balaban J connectivity index is 1.24. The number of ether oxygens (including phenoxy) is 8. The van der Waals surface area contributed by atoms with E-state index in [9.17, 15) is 5.11 Å². The first-order chi connectivity index (χ1) is 20.7. The van der Waals surface area contributed by atoms with Gasteiger partial charge in [0.1, 0.15) is 42.7 Å². The molecule has 6 rings (SSSR count). The normalized spacial score (nSPS) is 32.0. The highest BCUT2D eigenvalue weighted by Gasteiger charge is 2.59. The molecule has 9 nitrogen and oxygen atoms in total. The first-order valence-electron chi connectivity index (χ1n) is 14.4. The summed E-state index contributed by atoms with van der Waals surface area (Å²) < 4.78 is 49.6. The second kappa shape index (κ2) is 14.2. The van der Waals surface area contributed by atoms with Gasteiger partial charge in [0, 0.05) is 7.11 Å². The summed E-state index contributed by atoms with van der Waals surface area (Å²) in [5.41, 5.74) is 3.08. The molecule has 3 aliphatic rings. The lowest BCUT2D eigenvalue weighted by molar-refractivity contribution is -0.328. The van der Waals surface area contributed by atoms with Crippen LogP contribution in [-0.4, -0.2) is 80.7 Å². The van der Waals surface area contributed by atoms with Crippen LogP contribution in [0.15, 0.2) is 91.0 Å². The van der Waals surface area contributed by atoms with E-state index >= 15 is 0 Å². The summed E-state index contributed by atoms with van der Waals surface area (Å²) in [4.78, 5) is 0. The molecule has 0 amide bonds. The molecule has 3 aromatic carbocycles. The van der Waals surface area contributed by atoms with Crippen molar-refractivity contribution >= 4 is 0 Å². The van der Waals surface area contributed by atoms with E-state index in [2.05, 4.69) is 0 Å². The summed E-state index contributed by atoms with van der Waals surface area (Å²) in [6.07, 6.45) is -4.32. The van der Waals surface area contributed by atoms with Crippen LogP contribution in [-0.2, 0) is 57.7 Å². The topological polar surface area (TPSA) is 97.4 Å². The molecule has 0 aliphatic carbocycles. The van der Waals surface area contributed by atoms with Gasteiger partial charge in [-0.1, -0.05) is 91.0 Å².